The first kappa shape index (κ1) is 33.5. The van der Waals surface area contributed by atoms with Crippen LogP contribution < -0.4 is 32.7 Å². The van der Waals surface area contributed by atoms with Gasteiger partial charge in [-0.05, 0) is 24.1 Å². The van der Waals surface area contributed by atoms with E-state index in [0.717, 1.165) is 19.3 Å². The van der Waals surface area contributed by atoms with Gasteiger partial charge in [0.05, 0.1) is 18.0 Å². The molecule has 0 saturated carbocycles. The van der Waals surface area contributed by atoms with E-state index in [1.807, 2.05) is 0 Å². The van der Waals surface area contributed by atoms with Gasteiger partial charge in [0.2, 0.25) is 6.41 Å². The lowest BCUT2D eigenvalue weighted by Gasteiger charge is -2.24. The maximum Gasteiger partial charge on any atom is 0.280 e. The maximum absolute atomic E-state index is 12.6. The Morgan fingerprint density at radius 3 is 2.39 bits per heavy atom. The number of aliphatic hydroxyl groups is 1. The quantitative estimate of drug-likeness (QED) is 0.0306. The van der Waals surface area contributed by atoms with Gasteiger partial charge in [0.25, 0.3) is 5.91 Å². The van der Waals surface area contributed by atoms with Gasteiger partial charge in [0, 0.05) is 6.54 Å². The lowest BCUT2D eigenvalue weighted by Crippen LogP contribution is -2.52. The zero-order valence-corrected chi connectivity index (χ0v) is 24.1. The van der Waals surface area contributed by atoms with Crippen molar-refractivity contribution in [1.82, 2.24) is 25.9 Å². The topological polar surface area (TPSA) is 224 Å². The van der Waals surface area contributed by atoms with Crippen molar-refractivity contribution in [2.75, 3.05) is 23.3 Å². The smallest absolute Gasteiger partial charge is 0.280 e. The lowest BCUT2D eigenvalue weighted by atomic mass is 10.1. The summed E-state index contributed by atoms with van der Waals surface area (Å²) < 4.78 is 0. The Morgan fingerprint density at radius 2 is 1.73 bits per heavy atom. The number of amides is 2. The summed E-state index contributed by atoms with van der Waals surface area (Å²) in [5, 5.41) is 39.6. The van der Waals surface area contributed by atoms with Crippen molar-refractivity contribution in [1.29, 1.82) is 5.41 Å². The van der Waals surface area contributed by atoms with Crippen LogP contribution in [0.3, 0.4) is 0 Å². The molecule has 1 aromatic carbocycles. The second-order valence-electron chi connectivity index (χ2n) is 9.74. The number of carbonyl (C=O) groups excluding carboxylic acids is 2. The van der Waals surface area contributed by atoms with Crippen molar-refractivity contribution in [3.8, 4) is 5.75 Å². The highest BCUT2D eigenvalue weighted by molar-refractivity contribution is 6.31. The molecule has 11 N–H and O–H groups in total. The highest BCUT2D eigenvalue weighted by Crippen LogP contribution is 2.26. The number of phenolic OH excluding ortho intramolecular Hbond substituents is 1. The minimum atomic E-state index is -0.981. The van der Waals surface area contributed by atoms with Crippen molar-refractivity contribution in [2.24, 2.45) is 0 Å². The molecule has 0 aliphatic carbocycles. The first-order valence-electron chi connectivity index (χ1n) is 13.9. The Balaban J connectivity index is 1.97. The molecule has 0 saturated heterocycles. The molecule has 2 amide bonds. The fourth-order valence-electron chi connectivity index (χ4n) is 4.19. The number of phenols is 1. The highest BCUT2D eigenvalue weighted by atomic mass is 35.5. The minimum absolute atomic E-state index is 0.0909. The number of nitrogens with zero attached hydrogens (tertiary/aromatic N) is 2. The van der Waals surface area contributed by atoms with E-state index in [-0.39, 0.29) is 46.4 Å². The third kappa shape index (κ3) is 11.8. The maximum atomic E-state index is 12.6. The molecule has 0 fully saturated rings. The molecule has 2 aromatic rings. The van der Waals surface area contributed by atoms with Crippen LogP contribution in [0.25, 0.3) is 0 Å². The van der Waals surface area contributed by atoms with Gasteiger partial charge in [-0.2, -0.15) is 0 Å². The Bertz CT molecular complexity index is 1150. The van der Waals surface area contributed by atoms with Crippen LogP contribution in [0.1, 0.15) is 93.3 Å². The van der Waals surface area contributed by atoms with Crippen LogP contribution in [0.15, 0.2) is 18.2 Å². The second-order valence-corrected chi connectivity index (χ2v) is 10.1. The Morgan fingerprint density at radius 1 is 1.07 bits per heavy atom. The Labute approximate surface area is 245 Å². The SMILES string of the molecule is CCCCCCCCCCC[C@H](NC[C@H](O)c1ccc(O)c(NC=O)c1)NC(=N)NC(=O)c1nc(Cl)c(N)nc1N. The van der Waals surface area contributed by atoms with Crippen LogP contribution in [0.5, 0.6) is 5.75 Å². The van der Waals surface area contributed by atoms with Crippen LogP contribution in [-0.2, 0) is 4.79 Å². The van der Waals surface area contributed by atoms with E-state index >= 15 is 0 Å². The summed E-state index contributed by atoms with van der Waals surface area (Å²) in [6, 6.07) is 4.40. The molecule has 226 valence electrons. The van der Waals surface area contributed by atoms with Crippen molar-refractivity contribution >= 4 is 47.2 Å². The summed E-state index contributed by atoms with van der Waals surface area (Å²) in [5.74, 6) is -1.55. The summed E-state index contributed by atoms with van der Waals surface area (Å²) >= 11 is 5.86. The average Bonchev–Trinajstić information content (AvgIpc) is 2.93. The van der Waals surface area contributed by atoms with E-state index in [1.54, 1.807) is 6.07 Å². The van der Waals surface area contributed by atoms with E-state index in [9.17, 15) is 19.8 Å². The van der Waals surface area contributed by atoms with Gasteiger partial charge in [-0.25, -0.2) is 9.97 Å². The van der Waals surface area contributed by atoms with Gasteiger partial charge in [-0.1, -0.05) is 82.4 Å². The Kier molecular flexibility index (Phi) is 14.6. The van der Waals surface area contributed by atoms with Crippen molar-refractivity contribution in [2.45, 2.75) is 83.4 Å². The zero-order chi connectivity index (χ0) is 30.2. The molecule has 1 aromatic heterocycles. The number of nitrogen functional groups attached to an aromatic ring is 2. The largest absolute Gasteiger partial charge is 0.506 e. The van der Waals surface area contributed by atoms with Gasteiger partial charge in [0.15, 0.2) is 28.4 Å². The van der Waals surface area contributed by atoms with E-state index in [0.29, 0.717) is 18.4 Å². The molecule has 0 aliphatic rings. The number of aromatic hydroxyl groups is 1. The fourth-order valence-corrected chi connectivity index (χ4v) is 4.31. The number of nitrogens with two attached hydrogens (primary N) is 2. The van der Waals surface area contributed by atoms with E-state index < -0.39 is 18.2 Å². The van der Waals surface area contributed by atoms with Gasteiger partial charge in [0.1, 0.15) is 5.75 Å². The van der Waals surface area contributed by atoms with Crippen LogP contribution in [-0.4, -0.2) is 51.2 Å². The molecule has 1 heterocycles. The minimum Gasteiger partial charge on any atom is -0.506 e. The summed E-state index contributed by atoms with van der Waals surface area (Å²) in [4.78, 5) is 31.0. The molecule has 14 heteroatoms. The average molecular weight is 592 g/mol. The third-order valence-corrected chi connectivity index (χ3v) is 6.73. The molecule has 41 heavy (non-hydrogen) atoms. The number of guanidine groups is 1. The first-order chi connectivity index (χ1) is 19.7. The molecule has 0 bridgehead atoms. The molecule has 0 spiro atoms. The number of hydrogen-bond donors (Lipinski definition) is 9. The molecule has 13 nitrogen and oxygen atoms in total. The number of aliphatic hydroxyl groups excluding tert-OH is 1. The summed E-state index contributed by atoms with van der Waals surface area (Å²) in [5.41, 5.74) is 11.7. The van der Waals surface area contributed by atoms with Crippen LogP contribution in [0.2, 0.25) is 5.15 Å². The number of aromatic nitrogens is 2. The number of unbranched alkanes of at least 4 members (excludes halogenated alkanes) is 8. The van der Waals surface area contributed by atoms with Gasteiger partial charge < -0.3 is 32.3 Å². The molecule has 0 radical (unpaired) electrons. The highest BCUT2D eigenvalue weighted by Gasteiger charge is 2.19. The van der Waals surface area contributed by atoms with Gasteiger partial charge in [-0.15, -0.1) is 0 Å². The van der Waals surface area contributed by atoms with Crippen molar-refractivity contribution in [3.05, 3.63) is 34.6 Å². The van der Waals surface area contributed by atoms with E-state index in [1.165, 1.54) is 50.7 Å². The standard InChI is InChI=1S/C27H42ClN9O4/c1-2-3-4-5-6-7-8-9-10-11-21(32-15-20(40)17-12-13-19(39)18(14-17)33-16-38)34-27(31)37-26(41)22-24(29)36-25(30)23(28)35-22/h12-14,16,20-21,32,39-40H,2-11,15H2,1H3,(H,33,38)(H4,29,30,36)(H3,31,34,37,41)/t20-,21+/m0/s1. The third-order valence-electron chi connectivity index (χ3n) is 6.45. The van der Waals surface area contributed by atoms with Gasteiger partial charge in [-0.3, -0.25) is 25.6 Å². The fraction of sp³-hybridized carbons (Fsp3) is 0.519. The molecule has 0 aliphatic heterocycles. The number of carbonyl (C=O) groups is 2. The lowest BCUT2D eigenvalue weighted by molar-refractivity contribution is -0.105. The van der Waals surface area contributed by atoms with Gasteiger partial charge >= 0.3 is 0 Å². The number of nitrogens with one attached hydrogen (secondary N) is 5. The van der Waals surface area contributed by atoms with Crippen LogP contribution >= 0.6 is 11.6 Å². The number of benzene rings is 1. The summed E-state index contributed by atoms with van der Waals surface area (Å²) in [6.45, 7) is 2.29. The molecule has 2 rings (SSSR count). The predicted molar refractivity (Wildman–Crippen MR) is 161 cm³/mol. The molecular weight excluding hydrogens is 550 g/mol. The monoisotopic (exact) mass is 591 g/mol. The number of halogens is 1. The van der Waals surface area contributed by atoms with Crippen LogP contribution in [0.4, 0.5) is 17.3 Å². The second kappa shape index (κ2) is 17.9. The van der Waals surface area contributed by atoms with Crippen molar-refractivity contribution < 1.29 is 19.8 Å². The number of rotatable bonds is 18. The summed E-state index contributed by atoms with van der Waals surface area (Å²) in [7, 11) is 0. The number of hydrogen-bond acceptors (Lipinski definition) is 10. The predicted octanol–water partition coefficient (Wildman–Crippen LogP) is 3.39. The van der Waals surface area contributed by atoms with Crippen molar-refractivity contribution in [3.63, 3.8) is 0 Å². The molecule has 2 atom stereocenters. The molecular formula is C27H42ClN9O4. The van der Waals surface area contributed by atoms with Crippen LogP contribution in [0, 0.1) is 5.41 Å². The summed E-state index contributed by atoms with van der Waals surface area (Å²) in [6.07, 6.45) is 9.99. The Hall–Kier alpha value is -3.68. The first-order valence-corrected chi connectivity index (χ1v) is 14.2. The van der Waals surface area contributed by atoms with E-state index in [2.05, 4.69) is 38.2 Å². The zero-order valence-electron chi connectivity index (χ0n) is 23.4. The number of anilines is 3. The van der Waals surface area contributed by atoms with E-state index in [4.69, 9.17) is 28.5 Å². The molecule has 0 unspecified atom stereocenters. The normalized spacial score (nSPS) is 12.4.